The Morgan fingerprint density at radius 1 is 1.35 bits per heavy atom. The first-order valence-electron chi connectivity index (χ1n) is 7.60. The van der Waals surface area contributed by atoms with Gasteiger partial charge in [-0.1, -0.05) is 29.5 Å². The number of thioether (sulfide) groups is 1. The van der Waals surface area contributed by atoms with Crippen LogP contribution in [-0.2, 0) is 14.3 Å². The molecule has 7 heteroatoms. The fourth-order valence-electron chi connectivity index (χ4n) is 2.42. The van der Waals surface area contributed by atoms with Gasteiger partial charge in [-0.05, 0) is 19.1 Å². The SMILES string of the molecule is Cc1ccc(NC(=O)C[C@H]2SC(N3CCOCC3)=NC2=O)cc1. The van der Waals surface area contributed by atoms with E-state index in [0.29, 0.717) is 18.4 Å². The molecule has 2 amide bonds. The third-order valence-electron chi connectivity index (χ3n) is 3.72. The monoisotopic (exact) mass is 333 g/mol. The van der Waals surface area contributed by atoms with E-state index in [2.05, 4.69) is 10.3 Å². The molecule has 23 heavy (non-hydrogen) atoms. The minimum atomic E-state index is -0.432. The maximum absolute atomic E-state index is 12.1. The standard InChI is InChI=1S/C16H19N3O3S/c1-11-2-4-12(5-3-11)17-14(20)10-13-15(21)18-16(23-13)19-6-8-22-9-7-19/h2-5,13H,6-10H2,1H3,(H,17,20)/t13-/m1/s1. The van der Waals surface area contributed by atoms with Crippen molar-refractivity contribution in [3.05, 3.63) is 29.8 Å². The largest absolute Gasteiger partial charge is 0.378 e. The second-order valence-corrected chi connectivity index (χ2v) is 6.73. The Kier molecular flexibility index (Phi) is 4.97. The molecular weight excluding hydrogens is 314 g/mol. The normalized spacial score (nSPS) is 21.3. The minimum absolute atomic E-state index is 0.134. The number of benzene rings is 1. The van der Waals surface area contributed by atoms with Crippen LogP contribution in [0.15, 0.2) is 29.3 Å². The first-order chi connectivity index (χ1) is 11.1. The number of nitrogens with zero attached hydrogens (tertiary/aromatic N) is 2. The maximum atomic E-state index is 12.1. The zero-order valence-electron chi connectivity index (χ0n) is 12.9. The highest BCUT2D eigenvalue weighted by atomic mass is 32.2. The van der Waals surface area contributed by atoms with E-state index in [4.69, 9.17) is 4.74 Å². The zero-order chi connectivity index (χ0) is 16.2. The van der Waals surface area contributed by atoms with Crippen LogP contribution in [0, 0.1) is 6.92 Å². The van der Waals surface area contributed by atoms with Crippen LogP contribution in [0.5, 0.6) is 0 Å². The molecule has 2 aliphatic rings. The fraction of sp³-hybridized carbons (Fsp3) is 0.438. The number of amidine groups is 1. The summed E-state index contributed by atoms with van der Waals surface area (Å²) in [6.45, 7) is 4.76. The van der Waals surface area contributed by atoms with Crippen molar-refractivity contribution in [3.63, 3.8) is 0 Å². The van der Waals surface area contributed by atoms with E-state index in [9.17, 15) is 9.59 Å². The lowest BCUT2D eigenvalue weighted by molar-refractivity contribution is -0.121. The number of ether oxygens (including phenoxy) is 1. The van der Waals surface area contributed by atoms with Crippen LogP contribution in [0.4, 0.5) is 5.69 Å². The second kappa shape index (κ2) is 7.14. The van der Waals surface area contributed by atoms with Crippen LogP contribution in [0.1, 0.15) is 12.0 Å². The maximum Gasteiger partial charge on any atom is 0.262 e. The third-order valence-corrected chi connectivity index (χ3v) is 4.93. The van der Waals surface area contributed by atoms with Gasteiger partial charge in [-0.2, -0.15) is 4.99 Å². The van der Waals surface area contributed by atoms with E-state index >= 15 is 0 Å². The average Bonchev–Trinajstić information content (AvgIpc) is 2.91. The van der Waals surface area contributed by atoms with E-state index in [-0.39, 0.29) is 18.2 Å². The molecule has 1 aromatic carbocycles. The number of hydrogen-bond donors (Lipinski definition) is 1. The molecule has 2 aliphatic heterocycles. The highest BCUT2D eigenvalue weighted by molar-refractivity contribution is 8.15. The Morgan fingerprint density at radius 2 is 2.04 bits per heavy atom. The molecule has 3 rings (SSSR count). The average molecular weight is 333 g/mol. The smallest absolute Gasteiger partial charge is 0.262 e. The second-order valence-electron chi connectivity index (χ2n) is 5.56. The lowest BCUT2D eigenvalue weighted by atomic mass is 10.2. The van der Waals surface area contributed by atoms with Gasteiger partial charge in [-0.15, -0.1) is 0 Å². The van der Waals surface area contributed by atoms with Crippen LogP contribution >= 0.6 is 11.8 Å². The van der Waals surface area contributed by atoms with E-state index in [0.717, 1.165) is 24.3 Å². The predicted octanol–water partition coefficient (Wildman–Crippen LogP) is 1.65. The number of morpholine rings is 1. The first kappa shape index (κ1) is 16.0. The number of rotatable bonds is 3. The van der Waals surface area contributed by atoms with Gasteiger partial charge in [0.15, 0.2) is 5.17 Å². The molecule has 6 nitrogen and oxygen atoms in total. The van der Waals surface area contributed by atoms with Gasteiger partial charge in [0.1, 0.15) is 5.25 Å². The van der Waals surface area contributed by atoms with Gasteiger partial charge in [0.05, 0.1) is 13.2 Å². The number of carbonyl (C=O) groups is 2. The Morgan fingerprint density at radius 3 is 2.74 bits per heavy atom. The number of nitrogens with one attached hydrogen (secondary N) is 1. The Labute approximate surface area is 139 Å². The van der Waals surface area contributed by atoms with Gasteiger partial charge in [0.25, 0.3) is 5.91 Å². The molecule has 1 atom stereocenters. The lowest BCUT2D eigenvalue weighted by Crippen LogP contribution is -2.39. The molecule has 0 spiro atoms. The molecule has 0 aliphatic carbocycles. The zero-order valence-corrected chi connectivity index (χ0v) is 13.8. The van der Waals surface area contributed by atoms with Crippen molar-refractivity contribution in [2.75, 3.05) is 31.6 Å². The Balaban J connectivity index is 1.53. The summed E-state index contributed by atoms with van der Waals surface area (Å²) in [4.78, 5) is 30.3. The van der Waals surface area contributed by atoms with E-state index in [1.54, 1.807) is 0 Å². The van der Waals surface area contributed by atoms with E-state index in [1.807, 2.05) is 36.1 Å². The van der Waals surface area contributed by atoms with Crippen LogP contribution in [0.25, 0.3) is 0 Å². The molecule has 1 aromatic rings. The van der Waals surface area contributed by atoms with Crippen LogP contribution < -0.4 is 5.32 Å². The molecule has 0 bridgehead atoms. The molecular formula is C16H19N3O3S. The van der Waals surface area contributed by atoms with Crippen molar-refractivity contribution in [3.8, 4) is 0 Å². The summed E-state index contributed by atoms with van der Waals surface area (Å²) in [6.07, 6.45) is 0.134. The molecule has 1 N–H and O–H groups in total. The first-order valence-corrected chi connectivity index (χ1v) is 8.48. The van der Waals surface area contributed by atoms with Crippen molar-refractivity contribution in [2.45, 2.75) is 18.6 Å². The quantitative estimate of drug-likeness (QED) is 0.911. The number of hydrogen-bond acceptors (Lipinski definition) is 5. The number of amides is 2. The fourth-order valence-corrected chi connectivity index (χ4v) is 3.53. The molecule has 0 aromatic heterocycles. The summed E-state index contributed by atoms with van der Waals surface area (Å²) in [7, 11) is 0. The lowest BCUT2D eigenvalue weighted by Gasteiger charge is -2.27. The Bertz CT molecular complexity index is 624. The highest BCUT2D eigenvalue weighted by Crippen LogP contribution is 2.28. The van der Waals surface area contributed by atoms with Crippen LogP contribution in [0.2, 0.25) is 0 Å². The van der Waals surface area contributed by atoms with Gasteiger partial charge in [-0.3, -0.25) is 9.59 Å². The highest BCUT2D eigenvalue weighted by Gasteiger charge is 2.33. The number of aliphatic imine (C=N–C) groups is 1. The summed E-state index contributed by atoms with van der Waals surface area (Å²) >= 11 is 1.38. The molecule has 0 unspecified atom stereocenters. The summed E-state index contributed by atoms with van der Waals surface area (Å²) in [6, 6.07) is 7.58. The number of anilines is 1. The molecule has 0 saturated carbocycles. The molecule has 1 saturated heterocycles. The van der Waals surface area contributed by atoms with Gasteiger partial charge in [0.2, 0.25) is 5.91 Å². The molecule has 2 heterocycles. The van der Waals surface area contributed by atoms with Crippen molar-refractivity contribution >= 4 is 34.4 Å². The van der Waals surface area contributed by atoms with Crippen molar-refractivity contribution in [2.24, 2.45) is 4.99 Å². The molecule has 122 valence electrons. The summed E-state index contributed by atoms with van der Waals surface area (Å²) in [5.41, 5.74) is 1.87. The predicted molar refractivity (Wildman–Crippen MR) is 90.6 cm³/mol. The minimum Gasteiger partial charge on any atom is -0.378 e. The number of carbonyl (C=O) groups excluding carboxylic acids is 2. The summed E-state index contributed by atoms with van der Waals surface area (Å²) < 4.78 is 5.30. The Hall–Kier alpha value is -1.86. The van der Waals surface area contributed by atoms with E-state index < -0.39 is 5.25 Å². The molecule has 0 radical (unpaired) electrons. The van der Waals surface area contributed by atoms with Crippen LogP contribution in [-0.4, -0.2) is 53.4 Å². The van der Waals surface area contributed by atoms with Crippen molar-refractivity contribution in [1.29, 1.82) is 0 Å². The van der Waals surface area contributed by atoms with Gasteiger partial charge >= 0.3 is 0 Å². The summed E-state index contributed by atoms with van der Waals surface area (Å²) in [5, 5.41) is 3.10. The summed E-state index contributed by atoms with van der Waals surface area (Å²) in [5.74, 6) is -0.395. The topological polar surface area (TPSA) is 71.0 Å². The molecule has 1 fully saturated rings. The van der Waals surface area contributed by atoms with Gasteiger partial charge in [0, 0.05) is 25.2 Å². The van der Waals surface area contributed by atoms with E-state index in [1.165, 1.54) is 11.8 Å². The van der Waals surface area contributed by atoms with Crippen molar-refractivity contribution < 1.29 is 14.3 Å². The van der Waals surface area contributed by atoms with Gasteiger partial charge in [-0.25, -0.2) is 0 Å². The van der Waals surface area contributed by atoms with Crippen LogP contribution in [0.3, 0.4) is 0 Å². The third kappa shape index (κ3) is 4.11. The van der Waals surface area contributed by atoms with Gasteiger partial charge < -0.3 is 15.0 Å². The number of aryl methyl sites for hydroxylation is 1. The van der Waals surface area contributed by atoms with Crippen molar-refractivity contribution in [1.82, 2.24) is 4.90 Å².